The van der Waals surface area contributed by atoms with Crippen LogP contribution >= 0.6 is 0 Å². The molecule has 0 spiro atoms. The first-order valence-corrected chi connectivity index (χ1v) is 5.26. The first kappa shape index (κ1) is 11.5. The summed E-state index contributed by atoms with van der Waals surface area (Å²) in [7, 11) is 0. The minimum Gasteiger partial charge on any atom is -0.370 e. The first-order chi connectivity index (χ1) is 7.29. The first-order valence-electron chi connectivity index (χ1n) is 5.26. The molecule has 0 unspecified atom stereocenters. The third-order valence-corrected chi connectivity index (χ3v) is 2.17. The Labute approximate surface area is 90.8 Å². The molecule has 0 saturated heterocycles. The van der Waals surface area contributed by atoms with E-state index in [2.05, 4.69) is 18.2 Å². The number of benzene rings is 1. The number of carbonyl (C=O) groups excluding carboxylic acids is 1. The summed E-state index contributed by atoms with van der Waals surface area (Å²) in [6.07, 6.45) is 7.40. The van der Waals surface area contributed by atoms with Crippen LogP contribution in [0.25, 0.3) is 0 Å². The van der Waals surface area contributed by atoms with Crippen molar-refractivity contribution in [3.63, 3.8) is 0 Å². The van der Waals surface area contributed by atoms with E-state index in [1.165, 1.54) is 5.56 Å². The lowest BCUT2D eigenvalue weighted by molar-refractivity contribution is -0.117. The zero-order valence-electron chi connectivity index (χ0n) is 8.86. The van der Waals surface area contributed by atoms with Crippen LogP contribution in [0.2, 0.25) is 0 Å². The second-order valence-electron chi connectivity index (χ2n) is 3.50. The van der Waals surface area contributed by atoms with Crippen molar-refractivity contribution in [2.45, 2.75) is 25.7 Å². The van der Waals surface area contributed by atoms with Crippen LogP contribution in [0, 0.1) is 0 Å². The standard InChI is InChI=1S/C13H17NO/c14-13(15)11-7-2-1-4-8-12-9-5-3-6-10-12/h1-3,5-6,9-10H,4,7-8,11H2,(H2,14,15)/b2-1-. The van der Waals surface area contributed by atoms with E-state index in [0.29, 0.717) is 6.42 Å². The summed E-state index contributed by atoms with van der Waals surface area (Å²) in [6.45, 7) is 0. The maximum atomic E-state index is 10.4. The van der Waals surface area contributed by atoms with Gasteiger partial charge >= 0.3 is 0 Å². The van der Waals surface area contributed by atoms with Gasteiger partial charge in [-0.05, 0) is 24.8 Å². The number of allylic oxidation sites excluding steroid dienone is 2. The van der Waals surface area contributed by atoms with Crippen molar-refractivity contribution in [1.82, 2.24) is 0 Å². The molecule has 1 aromatic rings. The fourth-order valence-electron chi connectivity index (χ4n) is 1.36. The smallest absolute Gasteiger partial charge is 0.217 e. The number of aryl methyl sites for hydroxylation is 1. The predicted octanol–water partition coefficient (Wildman–Crippen LogP) is 2.44. The van der Waals surface area contributed by atoms with Crippen LogP contribution in [0.15, 0.2) is 42.5 Å². The van der Waals surface area contributed by atoms with Crippen LogP contribution in [0.5, 0.6) is 0 Å². The zero-order valence-corrected chi connectivity index (χ0v) is 8.86. The highest BCUT2D eigenvalue weighted by molar-refractivity contribution is 5.73. The fraction of sp³-hybridized carbons (Fsp3) is 0.308. The highest BCUT2D eigenvalue weighted by atomic mass is 16.1. The lowest BCUT2D eigenvalue weighted by Crippen LogP contribution is -2.08. The molecule has 0 atom stereocenters. The number of nitrogens with two attached hydrogens (primary N) is 1. The predicted molar refractivity (Wildman–Crippen MR) is 62.3 cm³/mol. The largest absolute Gasteiger partial charge is 0.370 e. The van der Waals surface area contributed by atoms with Gasteiger partial charge < -0.3 is 5.73 Å². The summed E-state index contributed by atoms with van der Waals surface area (Å²) in [5.74, 6) is -0.234. The molecule has 1 rings (SSSR count). The van der Waals surface area contributed by atoms with E-state index < -0.39 is 0 Å². The van der Waals surface area contributed by atoms with Gasteiger partial charge in [-0.1, -0.05) is 42.5 Å². The Morgan fingerprint density at radius 2 is 1.80 bits per heavy atom. The Morgan fingerprint density at radius 1 is 1.13 bits per heavy atom. The van der Waals surface area contributed by atoms with Crippen LogP contribution in [0.4, 0.5) is 0 Å². The van der Waals surface area contributed by atoms with Gasteiger partial charge in [0, 0.05) is 6.42 Å². The highest BCUT2D eigenvalue weighted by Crippen LogP contribution is 2.03. The van der Waals surface area contributed by atoms with Crippen molar-refractivity contribution in [1.29, 1.82) is 0 Å². The lowest BCUT2D eigenvalue weighted by atomic mass is 10.1. The number of rotatable bonds is 6. The summed E-state index contributed by atoms with van der Waals surface area (Å²) >= 11 is 0. The Hall–Kier alpha value is -1.57. The average molecular weight is 203 g/mol. The molecule has 0 aliphatic carbocycles. The molecule has 1 amide bonds. The Bertz CT molecular complexity index is 317. The SMILES string of the molecule is NC(=O)CC/C=C\CCc1ccccc1. The topological polar surface area (TPSA) is 43.1 Å². The molecule has 0 bridgehead atoms. The van der Waals surface area contributed by atoms with Crippen LogP contribution in [-0.2, 0) is 11.2 Å². The van der Waals surface area contributed by atoms with Gasteiger partial charge in [-0.15, -0.1) is 0 Å². The van der Waals surface area contributed by atoms with Crippen molar-refractivity contribution in [2.75, 3.05) is 0 Å². The van der Waals surface area contributed by atoms with Crippen molar-refractivity contribution in [3.05, 3.63) is 48.0 Å². The molecule has 0 aliphatic heterocycles. The van der Waals surface area contributed by atoms with E-state index in [0.717, 1.165) is 19.3 Å². The van der Waals surface area contributed by atoms with Crippen LogP contribution in [0.3, 0.4) is 0 Å². The summed E-state index contributed by atoms with van der Waals surface area (Å²) in [5.41, 5.74) is 6.37. The minimum absolute atomic E-state index is 0.234. The molecule has 0 heterocycles. The lowest BCUT2D eigenvalue weighted by Gasteiger charge is -1.96. The molecular formula is C13H17NO. The van der Waals surface area contributed by atoms with Gasteiger partial charge in [-0.3, -0.25) is 4.79 Å². The Balaban J connectivity index is 2.14. The average Bonchev–Trinajstić information content (AvgIpc) is 2.24. The maximum absolute atomic E-state index is 10.4. The molecular weight excluding hydrogens is 186 g/mol. The van der Waals surface area contributed by atoms with E-state index in [9.17, 15) is 4.79 Å². The van der Waals surface area contributed by atoms with Crippen molar-refractivity contribution in [2.24, 2.45) is 5.73 Å². The molecule has 0 radical (unpaired) electrons. The highest BCUT2D eigenvalue weighted by Gasteiger charge is 1.90. The number of amides is 1. The third kappa shape index (κ3) is 5.68. The number of primary amides is 1. The number of hydrogen-bond acceptors (Lipinski definition) is 1. The van der Waals surface area contributed by atoms with Gasteiger partial charge in [0.2, 0.25) is 5.91 Å². The summed E-state index contributed by atoms with van der Waals surface area (Å²) in [4.78, 5) is 10.4. The molecule has 0 aromatic heterocycles. The van der Waals surface area contributed by atoms with E-state index in [1.54, 1.807) is 0 Å². The minimum atomic E-state index is -0.234. The van der Waals surface area contributed by atoms with Crippen molar-refractivity contribution < 1.29 is 4.79 Å². The Kier molecular flexibility index (Phi) is 5.23. The van der Waals surface area contributed by atoms with Crippen LogP contribution in [-0.4, -0.2) is 5.91 Å². The zero-order chi connectivity index (χ0) is 10.9. The van der Waals surface area contributed by atoms with E-state index in [4.69, 9.17) is 5.73 Å². The van der Waals surface area contributed by atoms with Gasteiger partial charge in [0.1, 0.15) is 0 Å². The molecule has 2 N–H and O–H groups in total. The molecule has 1 aromatic carbocycles. The van der Waals surface area contributed by atoms with Crippen LogP contribution in [0.1, 0.15) is 24.8 Å². The van der Waals surface area contributed by atoms with Gasteiger partial charge in [0.15, 0.2) is 0 Å². The summed E-state index contributed by atoms with van der Waals surface area (Å²) < 4.78 is 0. The quantitative estimate of drug-likeness (QED) is 0.709. The normalized spacial score (nSPS) is 10.7. The van der Waals surface area contributed by atoms with Crippen LogP contribution < -0.4 is 5.73 Å². The molecule has 0 aliphatic rings. The van der Waals surface area contributed by atoms with Gasteiger partial charge in [0.25, 0.3) is 0 Å². The second-order valence-corrected chi connectivity index (χ2v) is 3.50. The molecule has 80 valence electrons. The van der Waals surface area contributed by atoms with Gasteiger partial charge in [0.05, 0.1) is 0 Å². The van der Waals surface area contributed by atoms with Crippen molar-refractivity contribution in [3.8, 4) is 0 Å². The van der Waals surface area contributed by atoms with Crippen molar-refractivity contribution >= 4 is 5.91 Å². The fourth-order valence-corrected chi connectivity index (χ4v) is 1.36. The Morgan fingerprint density at radius 3 is 2.47 bits per heavy atom. The molecule has 2 nitrogen and oxygen atoms in total. The summed E-state index contributed by atoms with van der Waals surface area (Å²) in [6, 6.07) is 10.4. The van der Waals surface area contributed by atoms with E-state index >= 15 is 0 Å². The van der Waals surface area contributed by atoms with E-state index in [1.807, 2.05) is 24.3 Å². The number of hydrogen-bond donors (Lipinski definition) is 1. The third-order valence-electron chi connectivity index (χ3n) is 2.17. The molecule has 0 fully saturated rings. The van der Waals surface area contributed by atoms with E-state index in [-0.39, 0.29) is 5.91 Å². The molecule has 2 heteroatoms. The van der Waals surface area contributed by atoms with Gasteiger partial charge in [-0.25, -0.2) is 0 Å². The summed E-state index contributed by atoms with van der Waals surface area (Å²) in [5, 5.41) is 0. The monoisotopic (exact) mass is 203 g/mol. The number of carbonyl (C=O) groups is 1. The maximum Gasteiger partial charge on any atom is 0.217 e. The molecule has 15 heavy (non-hydrogen) atoms. The van der Waals surface area contributed by atoms with Gasteiger partial charge in [-0.2, -0.15) is 0 Å². The molecule has 0 saturated carbocycles. The second kappa shape index (κ2) is 6.82.